The molecule has 0 unspecified atom stereocenters. The van der Waals surface area contributed by atoms with Crippen molar-refractivity contribution in [3.63, 3.8) is 0 Å². The molecule has 1 atom stereocenters. The Morgan fingerprint density at radius 3 is 2.00 bits per heavy atom. The number of amides is 2. The van der Waals surface area contributed by atoms with Crippen LogP contribution in [-0.2, 0) is 32.6 Å². The summed E-state index contributed by atoms with van der Waals surface area (Å²) in [5.74, 6) is -0.464. The van der Waals surface area contributed by atoms with Gasteiger partial charge in [-0.2, -0.15) is 0 Å². The van der Waals surface area contributed by atoms with Crippen LogP contribution in [0.4, 0.5) is 5.69 Å². The Balaban J connectivity index is 1.85. The number of anilines is 1. The van der Waals surface area contributed by atoms with Crippen LogP contribution in [0.1, 0.15) is 11.1 Å². The quantitative estimate of drug-likeness (QED) is 0.199. The molecule has 9 nitrogen and oxygen atoms in total. The number of benzene rings is 4. The summed E-state index contributed by atoms with van der Waals surface area (Å²) in [6, 6.07) is 25.4. The summed E-state index contributed by atoms with van der Waals surface area (Å²) in [7, 11) is 0.0707. The van der Waals surface area contributed by atoms with Gasteiger partial charge in [-0.05, 0) is 42.0 Å². The van der Waals surface area contributed by atoms with Gasteiger partial charge in [-0.25, -0.2) is 8.42 Å². The Bertz CT molecular complexity index is 1720. The molecule has 12 heteroatoms. The molecule has 2 amide bonds. The Kier molecular flexibility index (Phi) is 11.3. The molecule has 0 fully saturated rings. The minimum atomic E-state index is -4.29. The highest BCUT2D eigenvalue weighted by Gasteiger charge is 2.35. The zero-order valence-corrected chi connectivity index (χ0v) is 27.3. The third-order valence-electron chi connectivity index (χ3n) is 7.17. The SMILES string of the molecule is CNC(=O)[C@H](Cc1ccccc1)N(Cc1c(Cl)cccc1Cl)C(=O)CN(c1ccc(OC)c(OC)c1)S(=O)(=O)c1ccccc1. The lowest BCUT2D eigenvalue weighted by Crippen LogP contribution is -2.53. The minimum absolute atomic E-state index is 0.0274. The van der Waals surface area contributed by atoms with Gasteiger partial charge in [-0.1, -0.05) is 77.8 Å². The van der Waals surface area contributed by atoms with E-state index in [9.17, 15) is 18.0 Å². The normalized spacial score (nSPS) is 11.8. The van der Waals surface area contributed by atoms with E-state index < -0.39 is 34.4 Å². The fourth-order valence-electron chi connectivity index (χ4n) is 4.80. The summed E-state index contributed by atoms with van der Waals surface area (Å²) in [5.41, 5.74) is 1.36. The van der Waals surface area contributed by atoms with Crippen LogP contribution in [0, 0.1) is 0 Å². The van der Waals surface area contributed by atoms with Crippen LogP contribution in [0.15, 0.2) is 102 Å². The van der Waals surface area contributed by atoms with E-state index in [0.29, 0.717) is 21.4 Å². The van der Waals surface area contributed by atoms with Crippen molar-refractivity contribution in [2.75, 3.05) is 32.1 Å². The van der Waals surface area contributed by atoms with Crippen LogP contribution in [0.25, 0.3) is 0 Å². The molecule has 0 aliphatic heterocycles. The first-order valence-electron chi connectivity index (χ1n) is 13.9. The molecule has 0 saturated heterocycles. The lowest BCUT2D eigenvalue weighted by Gasteiger charge is -2.34. The smallest absolute Gasteiger partial charge is 0.264 e. The van der Waals surface area contributed by atoms with Crippen molar-refractivity contribution in [3.05, 3.63) is 118 Å². The zero-order chi connectivity index (χ0) is 32.6. The molecule has 236 valence electrons. The number of hydrogen-bond donors (Lipinski definition) is 1. The maximum Gasteiger partial charge on any atom is 0.264 e. The van der Waals surface area contributed by atoms with Gasteiger partial charge >= 0.3 is 0 Å². The molecule has 0 aliphatic rings. The summed E-state index contributed by atoms with van der Waals surface area (Å²) >= 11 is 13.0. The summed E-state index contributed by atoms with van der Waals surface area (Å²) in [5, 5.41) is 3.23. The number of nitrogens with zero attached hydrogens (tertiary/aromatic N) is 2. The van der Waals surface area contributed by atoms with E-state index in [1.165, 1.54) is 50.4 Å². The van der Waals surface area contributed by atoms with Crippen molar-refractivity contribution in [2.24, 2.45) is 0 Å². The molecule has 4 aromatic rings. The number of carbonyl (C=O) groups is 2. The van der Waals surface area contributed by atoms with Gasteiger partial charge in [0.1, 0.15) is 12.6 Å². The highest BCUT2D eigenvalue weighted by molar-refractivity contribution is 7.92. The Morgan fingerprint density at radius 2 is 1.42 bits per heavy atom. The van der Waals surface area contributed by atoms with E-state index in [1.54, 1.807) is 42.5 Å². The highest BCUT2D eigenvalue weighted by atomic mass is 35.5. The third kappa shape index (κ3) is 7.89. The van der Waals surface area contributed by atoms with E-state index in [2.05, 4.69) is 5.32 Å². The second-order valence-corrected chi connectivity index (χ2v) is 12.6. The van der Waals surface area contributed by atoms with Crippen molar-refractivity contribution < 1.29 is 27.5 Å². The number of methoxy groups -OCH3 is 2. The summed E-state index contributed by atoms with van der Waals surface area (Å²) in [6.45, 7) is -0.815. The maximum absolute atomic E-state index is 14.5. The van der Waals surface area contributed by atoms with Crippen LogP contribution in [0.5, 0.6) is 11.5 Å². The predicted molar refractivity (Wildman–Crippen MR) is 176 cm³/mol. The Labute approximate surface area is 273 Å². The topological polar surface area (TPSA) is 105 Å². The molecule has 0 radical (unpaired) electrons. The average molecular weight is 671 g/mol. The van der Waals surface area contributed by atoms with E-state index in [0.717, 1.165) is 9.87 Å². The lowest BCUT2D eigenvalue weighted by molar-refractivity contribution is -0.139. The molecule has 0 saturated carbocycles. The molecule has 0 spiro atoms. The number of hydrogen-bond acceptors (Lipinski definition) is 6. The molecule has 1 N–H and O–H groups in total. The lowest BCUT2D eigenvalue weighted by atomic mass is 10.0. The van der Waals surface area contributed by atoms with E-state index in [-0.39, 0.29) is 29.3 Å². The fourth-order valence-corrected chi connectivity index (χ4v) is 6.75. The van der Waals surface area contributed by atoms with Gasteiger partial charge in [0.05, 0.1) is 24.8 Å². The Morgan fingerprint density at radius 1 is 0.822 bits per heavy atom. The molecular weight excluding hydrogens is 637 g/mol. The summed E-state index contributed by atoms with van der Waals surface area (Å²) in [4.78, 5) is 29.2. The predicted octanol–water partition coefficient (Wildman–Crippen LogP) is 5.59. The fraction of sp³-hybridized carbons (Fsp3) is 0.212. The summed E-state index contributed by atoms with van der Waals surface area (Å²) in [6.07, 6.45) is 0.149. The van der Waals surface area contributed by atoms with Crippen molar-refractivity contribution >= 4 is 50.7 Å². The van der Waals surface area contributed by atoms with E-state index in [1.807, 2.05) is 30.3 Å². The van der Waals surface area contributed by atoms with Crippen molar-refractivity contribution in [3.8, 4) is 11.5 Å². The number of halogens is 2. The first-order chi connectivity index (χ1) is 21.6. The van der Waals surface area contributed by atoms with E-state index >= 15 is 0 Å². The number of likely N-dealkylation sites (N-methyl/N-ethyl adjacent to an activating group) is 1. The van der Waals surface area contributed by atoms with Gasteiger partial charge in [0.25, 0.3) is 10.0 Å². The van der Waals surface area contributed by atoms with E-state index in [4.69, 9.17) is 32.7 Å². The van der Waals surface area contributed by atoms with Crippen molar-refractivity contribution in [1.29, 1.82) is 0 Å². The molecule has 0 heterocycles. The van der Waals surface area contributed by atoms with Crippen molar-refractivity contribution in [2.45, 2.75) is 23.9 Å². The average Bonchev–Trinajstić information content (AvgIpc) is 3.06. The first-order valence-corrected chi connectivity index (χ1v) is 16.1. The van der Waals surface area contributed by atoms with Crippen LogP contribution in [0.2, 0.25) is 10.0 Å². The number of sulfonamides is 1. The van der Waals surface area contributed by atoms with Gasteiger partial charge in [-0.3, -0.25) is 13.9 Å². The number of ether oxygens (including phenoxy) is 2. The maximum atomic E-state index is 14.5. The zero-order valence-electron chi connectivity index (χ0n) is 24.9. The monoisotopic (exact) mass is 669 g/mol. The number of nitrogens with one attached hydrogen (secondary N) is 1. The van der Waals surface area contributed by atoms with Gasteiger partial charge in [0.2, 0.25) is 11.8 Å². The molecular formula is C33H33Cl2N3O6S. The number of carbonyl (C=O) groups excluding carboxylic acids is 2. The Hall–Kier alpha value is -4.25. The second-order valence-electron chi connectivity index (χ2n) is 9.91. The van der Waals surface area contributed by atoms with Crippen LogP contribution >= 0.6 is 23.2 Å². The van der Waals surface area contributed by atoms with Gasteiger partial charge in [0.15, 0.2) is 11.5 Å². The molecule has 0 aromatic heterocycles. The van der Waals surface area contributed by atoms with Crippen LogP contribution < -0.4 is 19.1 Å². The third-order valence-corrected chi connectivity index (χ3v) is 9.67. The molecule has 0 aliphatic carbocycles. The number of rotatable bonds is 13. The molecule has 45 heavy (non-hydrogen) atoms. The molecule has 0 bridgehead atoms. The van der Waals surface area contributed by atoms with Crippen LogP contribution in [-0.4, -0.2) is 59.0 Å². The van der Waals surface area contributed by atoms with Gasteiger partial charge < -0.3 is 19.7 Å². The molecule has 4 aromatic carbocycles. The highest BCUT2D eigenvalue weighted by Crippen LogP contribution is 2.34. The second kappa shape index (κ2) is 15.2. The largest absolute Gasteiger partial charge is 0.493 e. The van der Waals surface area contributed by atoms with Gasteiger partial charge in [0, 0.05) is 41.7 Å². The standard InChI is InChI=1S/C33H33Cl2N3O6S/c1-36-33(40)29(19-23-11-6-4-7-12-23)37(21-26-27(34)15-10-16-28(26)35)32(39)22-38(45(41,42)25-13-8-5-9-14-25)24-17-18-30(43-2)31(20-24)44-3/h4-18,20,29H,19,21-22H2,1-3H3,(H,36,40)/t29-/m0/s1. The summed E-state index contributed by atoms with van der Waals surface area (Å²) < 4.78 is 40.0. The molecule has 4 rings (SSSR count). The van der Waals surface area contributed by atoms with Crippen molar-refractivity contribution in [1.82, 2.24) is 10.2 Å². The van der Waals surface area contributed by atoms with Gasteiger partial charge in [-0.15, -0.1) is 0 Å². The first kappa shape index (κ1) is 33.6. The minimum Gasteiger partial charge on any atom is -0.493 e. The van der Waals surface area contributed by atoms with Crippen LogP contribution in [0.3, 0.4) is 0 Å².